The van der Waals surface area contributed by atoms with Crippen LogP contribution in [0.2, 0.25) is 0 Å². The van der Waals surface area contributed by atoms with Gasteiger partial charge >= 0.3 is 0 Å². The number of nitrogens with one attached hydrogen (secondary N) is 1. The topological polar surface area (TPSA) is 46.2 Å². The van der Waals surface area contributed by atoms with Crippen LogP contribution in [-0.2, 0) is 16.4 Å². The molecule has 0 spiro atoms. The molecule has 25 heavy (non-hydrogen) atoms. The molecule has 2 aromatic rings. The van der Waals surface area contributed by atoms with Crippen LogP contribution in [0.4, 0.5) is 0 Å². The number of rotatable bonds is 3. The van der Waals surface area contributed by atoms with Crippen molar-refractivity contribution in [1.29, 1.82) is 0 Å². The Morgan fingerprint density at radius 3 is 2.52 bits per heavy atom. The predicted octanol–water partition coefficient (Wildman–Crippen LogP) is 4.17. The highest BCUT2D eigenvalue weighted by atomic mass is 32.2. The zero-order valence-electron chi connectivity index (χ0n) is 14.6. The fourth-order valence-corrected chi connectivity index (χ4v) is 5.92. The fraction of sp³-hybridized carbons (Fsp3) is 0.429. The summed E-state index contributed by atoms with van der Waals surface area (Å²) in [6.07, 6.45) is 5.52. The number of fused-ring (bicyclic) bond motifs is 3. The molecule has 3 nitrogen and oxygen atoms in total. The molecule has 0 saturated heterocycles. The summed E-state index contributed by atoms with van der Waals surface area (Å²) < 4.78 is 28.8. The molecule has 2 aliphatic rings. The highest BCUT2D eigenvalue weighted by Gasteiger charge is 2.39. The second-order valence-electron chi connectivity index (χ2n) is 7.50. The molecular weight excluding hydrogens is 330 g/mol. The highest BCUT2D eigenvalue weighted by Crippen LogP contribution is 2.45. The van der Waals surface area contributed by atoms with E-state index in [0.717, 1.165) is 24.8 Å². The van der Waals surface area contributed by atoms with Crippen LogP contribution in [0.5, 0.6) is 0 Å². The van der Waals surface area contributed by atoms with Gasteiger partial charge in [0, 0.05) is 12.0 Å². The van der Waals surface area contributed by atoms with Crippen molar-refractivity contribution in [3.8, 4) is 0 Å². The third-order valence-electron chi connectivity index (χ3n) is 5.87. The maximum Gasteiger partial charge on any atom is 0.240 e. The van der Waals surface area contributed by atoms with E-state index in [9.17, 15) is 8.42 Å². The summed E-state index contributed by atoms with van der Waals surface area (Å²) in [5.41, 5.74) is 3.82. The normalized spacial score (nSPS) is 25.9. The Balaban J connectivity index is 1.65. The van der Waals surface area contributed by atoms with E-state index in [0.29, 0.717) is 16.7 Å². The molecule has 1 saturated carbocycles. The summed E-state index contributed by atoms with van der Waals surface area (Å²) >= 11 is 0. The van der Waals surface area contributed by atoms with E-state index in [1.165, 1.54) is 24.0 Å². The molecular formula is C21H25NO2S. The molecule has 0 aliphatic heterocycles. The van der Waals surface area contributed by atoms with Crippen LogP contribution in [0.15, 0.2) is 53.4 Å². The van der Waals surface area contributed by atoms with Gasteiger partial charge in [-0.3, -0.25) is 0 Å². The summed E-state index contributed by atoms with van der Waals surface area (Å²) in [7, 11) is -3.48. The molecule has 1 fully saturated rings. The van der Waals surface area contributed by atoms with Gasteiger partial charge in [-0.05, 0) is 61.8 Å². The Morgan fingerprint density at radius 2 is 1.72 bits per heavy atom. The van der Waals surface area contributed by atoms with E-state index in [1.54, 1.807) is 12.1 Å². The lowest BCUT2D eigenvalue weighted by molar-refractivity contribution is 0.234. The van der Waals surface area contributed by atoms with Gasteiger partial charge in [-0.1, -0.05) is 48.4 Å². The molecule has 2 aromatic carbocycles. The minimum atomic E-state index is -3.48. The minimum absolute atomic E-state index is 0.00787. The number of sulfonamides is 1. The first-order valence-corrected chi connectivity index (χ1v) is 10.7. The summed E-state index contributed by atoms with van der Waals surface area (Å²) in [6.45, 7) is 1.97. The van der Waals surface area contributed by atoms with Crippen molar-refractivity contribution in [1.82, 2.24) is 4.72 Å². The monoisotopic (exact) mass is 355 g/mol. The molecule has 132 valence electrons. The van der Waals surface area contributed by atoms with Gasteiger partial charge in [0.05, 0.1) is 4.90 Å². The third kappa shape index (κ3) is 3.25. The van der Waals surface area contributed by atoms with Gasteiger partial charge in [0.2, 0.25) is 10.0 Å². The smallest absolute Gasteiger partial charge is 0.207 e. The Kier molecular flexibility index (Phi) is 4.42. The van der Waals surface area contributed by atoms with Crippen LogP contribution >= 0.6 is 0 Å². The molecule has 4 rings (SSSR count). The molecule has 0 unspecified atom stereocenters. The van der Waals surface area contributed by atoms with Gasteiger partial charge in [0.15, 0.2) is 0 Å². The zero-order chi connectivity index (χ0) is 17.4. The van der Waals surface area contributed by atoms with Crippen LogP contribution in [0, 0.1) is 12.8 Å². The lowest BCUT2D eigenvalue weighted by Crippen LogP contribution is -2.45. The first kappa shape index (κ1) is 16.8. The van der Waals surface area contributed by atoms with Crippen LogP contribution < -0.4 is 4.72 Å². The maximum atomic E-state index is 12.9. The largest absolute Gasteiger partial charge is 0.240 e. The van der Waals surface area contributed by atoms with Gasteiger partial charge in [-0.2, -0.15) is 0 Å². The molecule has 0 heterocycles. The minimum Gasteiger partial charge on any atom is -0.207 e. The van der Waals surface area contributed by atoms with Gasteiger partial charge in [0.25, 0.3) is 0 Å². The van der Waals surface area contributed by atoms with Gasteiger partial charge < -0.3 is 0 Å². The van der Waals surface area contributed by atoms with Crippen molar-refractivity contribution in [3.05, 3.63) is 65.2 Å². The molecule has 1 N–H and O–H groups in total. The SMILES string of the molecule is Cc1ccc(S(=O)(=O)N[C@@H]2CCC[C@H]3CCc4ccccc4[C@H]32)cc1. The number of hydrogen-bond donors (Lipinski definition) is 1. The number of benzene rings is 2. The van der Waals surface area contributed by atoms with E-state index in [2.05, 4.69) is 29.0 Å². The van der Waals surface area contributed by atoms with Gasteiger partial charge in [-0.25, -0.2) is 13.1 Å². The van der Waals surface area contributed by atoms with E-state index >= 15 is 0 Å². The lowest BCUT2D eigenvalue weighted by atomic mass is 9.66. The van der Waals surface area contributed by atoms with Crippen LogP contribution in [-0.4, -0.2) is 14.5 Å². The molecule has 3 atom stereocenters. The third-order valence-corrected chi connectivity index (χ3v) is 7.37. The second-order valence-corrected chi connectivity index (χ2v) is 9.21. The van der Waals surface area contributed by atoms with E-state index in [1.807, 2.05) is 19.1 Å². The zero-order valence-corrected chi connectivity index (χ0v) is 15.4. The Morgan fingerprint density at radius 1 is 0.960 bits per heavy atom. The highest BCUT2D eigenvalue weighted by molar-refractivity contribution is 7.89. The second kappa shape index (κ2) is 6.58. The van der Waals surface area contributed by atoms with Crippen molar-refractivity contribution in [2.75, 3.05) is 0 Å². The lowest BCUT2D eigenvalue weighted by Gasteiger charge is -2.42. The first-order chi connectivity index (χ1) is 12.0. The molecule has 0 bridgehead atoms. The Hall–Kier alpha value is -1.65. The molecule has 0 radical (unpaired) electrons. The van der Waals surface area contributed by atoms with Gasteiger partial charge in [-0.15, -0.1) is 0 Å². The van der Waals surface area contributed by atoms with Crippen molar-refractivity contribution < 1.29 is 8.42 Å². The fourth-order valence-electron chi connectivity index (χ4n) is 4.63. The average molecular weight is 356 g/mol. The first-order valence-electron chi connectivity index (χ1n) is 9.21. The quantitative estimate of drug-likeness (QED) is 0.898. The van der Waals surface area contributed by atoms with Crippen molar-refractivity contribution in [3.63, 3.8) is 0 Å². The molecule has 4 heteroatoms. The van der Waals surface area contributed by atoms with Crippen LogP contribution in [0.25, 0.3) is 0 Å². The van der Waals surface area contributed by atoms with Crippen molar-refractivity contribution in [2.45, 2.75) is 55.9 Å². The Labute approximate surface area is 150 Å². The summed E-state index contributed by atoms with van der Waals surface area (Å²) in [5, 5.41) is 0. The predicted molar refractivity (Wildman–Crippen MR) is 100 cm³/mol. The van der Waals surface area contributed by atoms with E-state index in [-0.39, 0.29) is 6.04 Å². The number of hydrogen-bond acceptors (Lipinski definition) is 2. The molecule has 0 amide bonds. The van der Waals surface area contributed by atoms with Crippen LogP contribution in [0.1, 0.15) is 48.3 Å². The van der Waals surface area contributed by atoms with Crippen molar-refractivity contribution in [2.24, 2.45) is 5.92 Å². The van der Waals surface area contributed by atoms with E-state index < -0.39 is 10.0 Å². The standard InChI is InChI=1S/C21H25NO2S/c1-15-9-13-18(14-10-15)25(23,24)22-20-8-4-6-17-12-11-16-5-2-3-7-19(16)21(17)20/h2-3,5,7,9-10,13-14,17,20-22H,4,6,8,11-12H2,1H3/t17-,20+,21-/m0/s1. The molecule has 2 aliphatic carbocycles. The Bertz CT molecular complexity index is 858. The summed E-state index contributed by atoms with van der Waals surface area (Å²) in [5.74, 6) is 0.897. The van der Waals surface area contributed by atoms with E-state index in [4.69, 9.17) is 0 Å². The average Bonchev–Trinajstić information content (AvgIpc) is 2.61. The summed E-state index contributed by atoms with van der Waals surface area (Å²) in [6, 6.07) is 15.7. The number of aryl methyl sites for hydroxylation is 2. The summed E-state index contributed by atoms with van der Waals surface area (Å²) in [4.78, 5) is 0.365. The van der Waals surface area contributed by atoms with Gasteiger partial charge in [0.1, 0.15) is 0 Å². The molecule has 0 aromatic heterocycles. The van der Waals surface area contributed by atoms with Crippen LogP contribution in [0.3, 0.4) is 0 Å². The van der Waals surface area contributed by atoms with Crippen molar-refractivity contribution >= 4 is 10.0 Å². The maximum absolute atomic E-state index is 12.9.